The molecular formula is C22H26N2O4S. The van der Waals surface area contributed by atoms with Crippen LogP contribution in [0.2, 0.25) is 0 Å². The number of amides is 2. The van der Waals surface area contributed by atoms with Crippen LogP contribution in [0, 0.1) is 19.8 Å². The summed E-state index contributed by atoms with van der Waals surface area (Å²) in [6, 6.07) is 9.83. The molecule has 29 heavy (non-hydrogen) atoms. The van der Waals surface area contributed by atoms with Crippen molar-refractivity contribution in [1.82, 2.24) is 5.32 Å². The Bertz CT molecular complexity index is 903. The van der Waals surface area contributed by atoms with Gasteiger partial charge in [0.05, 0.1) is 5.56 Å². The molecule has 154 valence electrons. The summed E-state index contributed by atoms with van der Waals surface area (Å²) < 4.78 is 5.40. The Morgan fingerprint density at radius 1 is 1.17 bits per heavy atom. The van der Waals surface area contributed by atoms with Gasteiger partial charge in [0.15, 0.2) is 6.10 Å². The number of aryl methyl sites for hydroxylation is 1. The number of anilines is 1. The van der Waals surface area contributed by atoms with Gasteiger partial charge in [0.2, 0.25) is 5.91 Å². The lowest BCUT2D eigenvalue weighted by molar-refractivity contribution is -0.129. The molecule has 1 heterocycles. The summed E-state index contributed by atoms with van der Waals surface area (Å²) in [5, 5.41) is 6.14. The summed E-state index contributed by atoms with van der Waals surface area (Å²) in [7, 11) is 0. The summed E-state index contributed by atoms with van der Waals surface area (Å²) >= 11 is 1.36. The number of thiophene rings is 1. The van der Waals surface area contributed by atoms with E-state index < -0.39 is 12.1 Å². The zero-order chi connectivity index (χ0) is 21.0. The van der Waals surface area contributed by atoms with Crippen LogP contribution in [0.4, 0.5) is 5.00 Å². The van der Waals surface area contributed by atoms with Gasteiger partial charge in [-0.25, -0.2) is 4.79 Å². The smallest absolute Gasteiger partial charge is 0.342 e. The van der Waals surface area contributed by atoms with Gasteiger partial charge in [-0.15, -0.1) is 11.3 Å². The number of ether oxygens (including phenoxy) is 1. The molecule has 2 aromatic rings. The first-order chi connectivity index (χ1) is 13.9. The zero-order valence-corrected chi connectivity index (χ0v) is 17.7. The lowest BCUT2D eigenvalue weighted by Gasteiger charge is -2.14. The number of nitrogens with one attached hydrogen (secondary N) is 2. The van der Waals surface area contributed by atoms with Crippen LogP contribution >= 0.6 is 11.3 Å². The van der Waals surface area contributed by atoms with Crippen molar-refractivity contribution in [2.45, 2.75) is 46.1 Å². The summed E-state index contributed by atoms with van der Waals surface area (Å²) in [5.41, 5.74) is 2.23. The SMILES string of the molecule is Cc1sc(NC(=O)C2CC2)c(C(=O)OC(C)C(=O)NCCc2ccccc2)c1C. The van der Waals surface area contributed by atoms with E-state index in [2.05, 4.69) is 10.6 Å². The second kappa shape index (κ2) is 9.22. The highest BCUT2D eigenvalue weighted by atomic mass is 32.1. The molecule has 1 aromatic heterocycles. The first-order valence-corrected chi connectivity index (χ1v) is 10.6. The van der Waals surface area contributed by atoms with Crippen LogP contribution in [0.25, 0.3) is 0 Å². The molecule has 1 unspecified atom stereocenters. The average molecular weight is 415 g/mol. The van der Waals surface area contributed by atoms with Gasteiger partial charge in [-0.2, -0.15) is 0 Å². The molecule has 1 aliphatic rings. The summed E-state index contributed by atoms with van der Waals surface area (Å²) in [6.07, 6.45) is 1.54. The number of carbonyl (C=O) groups is 3. The second-order valence-electron chi connectivity index (χ2n) is 7.33. The van der Waals surface area contributed by atoms with Gasteiger partial charge in [0.25, 0.3) is 5.91 Å². The predicted octanol–water partition coefficient (Wildman–Crippen LogP) is 3.62. The molecule has 0 saturated heterocycles. The third-order valence-corrected chi connectivity index (χ3v) is 6.11. The molecule has 1 aromatic carbocycles. The zero-order valence-electron chi connectivity index (χ0n) is 16.9. The van der Waals surface area contributed by atoms with E-state index in [1.807, 2.05) is 44.2 Å². The third-order valence-electron chi connectivity index (χ3n) is 4.98. The van der Waals surface area contributed by atoms with Gasteiger partial charge in [0, 0.05) is 17.3 Å². The van der Waals surface area contributed by atoms with Gasteiger partial charge in [-0.05, 0) is 51.2 Å². The van der Waals surface area contributed by atoms with Gasteiger partial charge >= 0.3 is 5.97 Å². The molecule has 6 nitrogen and oxygen atoms in total. The van der Waals surface area contributed by atoms with E-state index in [0.29, 0.717) is 23.5 Å². The van der Waals surface area contributed by atoms with Gasteiger partial charge in [0.1, 0.15) is 5.00 Å². The normalized spacial score (nSPS) is 14.2. The highest BCUT2D eigenvalue weighted by molar-refractivity contribution is 7.16. The van der Waals surface area contributed by atoms with Crippen molar-refractivity contribution in [3.05, 3.63) is 51.9 Å². The van der Waals surface area contributed by atoms with Crippen LogP contribution in [0.5, 0.6) is 0 Å². The highest BCUT2D eigenvalue weighted by Gasteiger charge is 2.32. The molecule has 1 saturated carbocycles. The van der Waals surface area contributed by atoms with Crippen molar-refractivity contribution in [2.75, 3.05) is 11.9 Å². The lowest BCUT2D eigenvalue weighted by Crippen LogP contribution is -2.37. The van der Waals surface area contributed by atoms with Crippen molar-refractivity contribution in [2.24, 2.45) is 5.92 Å². The summed E-state index contributed by atoms with van der Waals surface area (Å²) in [4.78, 5) is 38.1. The van der Waals surface area contributed by atoms with Gasteiger partial charge in [-0.3, -0.25) is 9.59 Å². The maximum atomic E-state index is 12.7. The van der Waals surface area contributed by atoms with E-state index in [-0.39, 0.29) is 17.7 Å². The Labute approximate surface area is 174 Å². The topological polar surface area (TPSA) is 84.5 Å². The van der Waals surface area contributed by atoms with E-state index in [9.17, 15) is 14.4 Å². The predicted molar refractivity (Wildman–Crippen MR) is 113 cm³/mol. The Kier molecular flexibility index (Phi) is 6.69. The van der Waals surface area contributed by atoms with E-state index in [1.165, 1.54) is 11.3 Å². The van der Waals surface area contributed by atoms with Crippen molar-refractivity contribution in [1.29, 1.82) is 0 Å². The maximum absolute atomic E-state index is 12.7. The molecule has 2 N–H and O–H groups in total. The molecule has 0 radical (unpaired) electrons. The van der Waals surface area contributed by atoms with Crippen LogP contribution in [0.15, 0.2) is 30.3 Å². The van der Waals surface area contributed by atoms with Crippen LogP contribution in [0.3, 0.4) is 0 Å². The minimum Gasteiger partial charge on any atom is -0.449 e. The number of rotatable bonds is 8. The van der Waals surface area contributed by atoms with Crippen LogP contribution in [-0.4, -0.2) is 30.4 Å². The molecule has 0 spiro atoms. The van der Waals surface area contributed by atoms with Crippen molar-refractivity contribution >= 4 is 34.1 Å². The molecule has 1 atom stereocenters. The van der Waals surface area contributed by atoms with Crippen molar-refractivity contribution < 1.29 is 19.1 Å². The second-order valence-corrected chi connectivity index (χ2v) is 8.55. The van der Waals surface area contributed by atoms with E-state index in [4.69, 9.17) is 4.74 Å². The highest BCUT2D eigenvalue weighted by Crippen LogP contribution is 2.36. The molecule has 0 aliphatic heterocycles. The number of hydrogen-bond acceptors (Lipinski definition) is 5. The summed E-state index contributed by atoms with van der Waals surface area (Å²) in [6.45, 7) is 5.72. The standard InChI is InChI=1S/C22H26N2O4S/c1-13-15(3)29-21(24-20(26)17-9-10-17)18(13)22(27)28-14(2)19(25)23-12-11-16-7-5-4-6-8-16/h4-8,14,17H,9-12H2,1-3H3,(H,23,25)(H,24,26). The number of hydrogen-bond donors (Lipinski definition) is 2. The molecule has 1 aliphatic carbocycles. The fourth-order valence-electron chi connectivity index (χ4n) is 2.91. The van der Waals surface area contributed by atoms with Crippen molar-refractivity contribution in [3.63, 3.8) is 0 Å². The summed E-state index contributed by atoms with van der Waals surface area (Å²) in [5.74, 6) is -0.964. The number of benzene rings is 1. The monoisotopic (exact) mass is 414 g/mol. The fraction of sp³-hybridized carbons (Fsp3) is 0.409. The molecule has 1 fully saturated rings. The first-order valence-electron chi connectivity index (χ1n) is 9.80. The van der Waals surface area contributed by atoms with E-state index in [0.717, 1.165) is 28.8 Å². The van der Waals surface area contributed by atoms with Crippen LogP contribution < -0.4 is 10.6 Å². The Morgan fingerprint density at radius 2 is 1.86 bits per heavy atom. The molecule has 3 rings (SSSR count). The quantitative estimate of drug-likeness (QED) is 0.646. The third kappa shape index (κ3) is 5.44. The molecule has 7 heteroatoms. The minimum absolute atomic E-state index is 0.0379. The van der Waals surface area contributed by atoms with Crippen LogP contribution in [-0.2, 0) is 20.7 Å². The molecule has 0 bridgehead atoms. The molecule has 2 amide bonds. The Balaban J connectivity index is 1.57. The number of esters is 1. The van der Waals surface area contributed by atoms with Gasteiger partial charge in [-0.1, -0.05) is 30.3 Å². The van der Waals surface area contributed by atoms with E-state index >= 15 is 0 Å². The molecular weight excluding hydrogens is 388 g/mol. The first kappa shape index (κ1) is 21.0. The average Bonchev–Trinajstić information content (AvgIpc) is 3.50. The maximum Gasteiger partial charge on any atom is 0.342 e. The van der Waals surface area contributed by atoms with Gasteiger partial charge < -0.3 is 15.4 Å². The van der Waals surface area contributed by atoms with E-state index in [1.54, 1.807) is 6.92 Å². The largest absolute Gasteiger partial charge is 0.449 e. The minimum atomic E-state index is -0.926. The van der Waals surface area contributed by atoms with Crippen molar-refractivity contribution in [3.8, 4) is 0 Å². The van der Waals surface area contributed by atoms with Crippen LogP contribution in [0.1, 0.15) is 46.1 Å². The lowest BCUT2D eigenvalue weighted by atomic mass is 10.1. The Morgan fingerprint density at radius 3 is 2.52 bits per heavy atom. The fourth-order valence-corrected chi connectivity index (χ4v) is 3.96. The number of carbonyl (C=O) groups excluding carboxylic acids is 3. The Hall–Kier alpha value is -2.67.